The number of alkyl halides is 1. The summed E-state index contributed by atoms with van der Waals surface area (Å²) in [6.45, 7) is 1.83. The first-order valence-corrected chi connectivity index (χ1v) is 4.35. The summed E-state index contributed by atoms with van der Waals surface area (Å²) in [5.41, 5.74) is 1.48. The fraction of sp³-hybridized carbons (Fsp3) is 0.333. The standard InChI is InChI=1S/C6H7IN2O/c1-5-6(3-10)2-9(4-7)8-5/h2-3H,4H2,1H3. The molecule has 0 aromatic carbocycles. The lowest BCUT2D eigenvalue weighted by atomic mass is 10.3. The van der Waals surface area contributed by atoms with Crippen LogP contribution in [0.3, 0.4) is 0 Å². The molecule has 0 bridgehead atoms. The molecule has 3 nitrogen and oxygen atoms in total. The monoisotopic (exact) mass is 250 g/mol. The Morgan fingerprint density at radius 3 is 2.90 bits per heavy atom. The Morgan fingerprint density at radius 2 is 2.60 bits per heavy atom. The molecular weight excluding hydrogens is 243 g/mol. The lowest BCUT2D eigenvalue weighted by molar-refractivity contribution is 0.112. The van der Waals surface area contributed by atoms with Gasteiger partial charge in [-0.25, -0.2) is 0 Å². The number of aryl methyl sites for hydroxylation is 1. The molecule has 0 saturated heterocycles. The van der Waals surface area contributed by atoms with E-state index in [-0.39, 0.29) is 0 Å². The third-order valence-electron chi connectivity index (χ3n) is 1.23. The fourth-order valence-electron chi connectivity index (χ4n) is 0.710. The van der Waals surface area contributed by atoms with Gasteiger partial charge in [0.05, 0.1) is 15.8 Å². The van der Waals surface area contributed by atoms with Gasteiger partial charge >= 0.3 is 0 Å². The summed E-state index contributed by atoms with van der Waals surface area (Å²) >= 11 is 2.18. The molecule has 0 amide bonds. The average Bonchev–Trinajstić information content (AvgIpc) is 2.30. The van der Waals surface area contributed by atoms with Gasteiger partial charge in [-0.3, -0.25) is 9.48 Å². The number of halogens is 1. The van der Waals surface area contributed by atoms with E-state index < -0.39 is 0 Å². The van der Waals surface area contributed by atoms with Crippen molar-refractivity contribution in [2.24, 2.45) is 0 Å². The highest BCUT2D eigenvalue weighted by molar-refractivity contribution is 14.1. The smallest absolute Gasteiger partial charge is 0.153 e. The number of nitrogens with zero attached hydrogens (tertiary/aromatic N) is 2. The minimum atomic E-state index is 0.677. The minimum absolute atomic E-state index is 0.677. The molecular formula is C6H7IN2O. The lowest BCUT2D eigenvalue weighted by Crippen LogP contribution is -1.90. The molecule has 0 saturated carbocycles. The summed E-state index contributed by atoms with van der Waals surface area (Å²) in [4.78, 5) is 10.3. The molecule has 1 heterocycles. The van der Waals surface area contributed by atoms with Crippen LogP contribution in [-0.2, 0) is 4.55 Å². The Hall–Kier alpha value is -0.390. The molecule has 0 aliphatic rings. The van der Waals surface area contributed by atoms with Crippen LogP contribution in [0.4, 0.5) is 0 Å². The van der Waals surface area contributed by atoms with Crippen LogP contribution in [0.5, 0.6) is 0 Å². The predicted molar refractivity (Wildman–Crippen MR) is 46.4 cm³/mol. The molecule has 0 radical (unpaired) electrons. The number of hydrogen-bond donors (Lipinski definition) is 0. The maximum atomic E-state index is 10.3. The summed E-state index contributed by atoms with van der Waals surface area (Å²) in [5.74, 6) is 0. The van der Waals surface area contributed by atoms with E-state index in [9.17, 15) is 4.79 Å². The third-order valence-corrected chi connectivity index (χ3v) is 1.93. The second-order valence-electron chi connectivity index (χ2n) is 1.95. The number of carbonyl (C=O) groups is 1. The SMILES string of the molecule is Cc1nn(CI)cc1C=O. The van der Waals surface area contributed by atoms with Crippen LogP contribution < -0.4 is 0 Å². The van der Waals surface area contributed by atoms with E-state index in [0.29, 0.717) is 5.56 Å². The summed E-state index contributed by atoms with van der Waals surface area (Å²) in [6, 6.07) is 0. The number of carbonyl (C=O) groups excluding carboxylic acids is 1. The Balaban J connectivity index is 3.03. The van der Waals surface area contributed by atoms with Crippen molar-refractivity contribution in [3.8, 4) is 0 Å². The van der Waals surface area contributed by atoms with Crippen molar-refractivity contribution >= 4 is 28.9 Å². The van der Waals surface area contributed by atoms with E-state index in [0.717, 1.165) is 16.5 Å². The van der Waals surface area contributed by atoms with E-state index in [1.807, 2.05) is 6.92 Å². The van der Waals surface area contributed by atoms with Crippen LogP contribution in [0.15, 0.2) is 6.20 Å². The Morgan fingerprint density at radius 1 is 1.90 bits per heavy atom. The molecule has 1 aromatic rings. The highest BCUT2D eigenvalue weighted by Crippen LogP contribution is 2.03. The van der Waals surface area contributed by atoms with Gasteiger partial charge in [-0.15, -0.1) is 0 Å². The van der Waals surface area contributed by atoms with Gasteiger partial charge in [-0.2, -0.15) is 5.10 Å². The van der Waals surface area contributed by atoms with Gasteiger partial charge in [0, 0.05) is 6.20 Å². The molecule has 0 atom stereocenters. The normalized spacial score (nSPS) is 9.80. The lowest BCUT2D eigenvalue weighted by Gasteiger charge is -1.87. The summed E-state index contributed by atoms with van der Waals surface area (Å²) in [6.07, 6.45) is 2.57. The molecule has 1 rings (SSSR count). The van der Waals surface area contributed by atoms with Gasteiger partial charge in [0.1, 0.15) is 0 Å². The zero-order valence-corrected chi connectivity index (χ0v) is 7.70. The first kappa shape index (κ1) is 7.71. The number of aromatic nitrogens is 2. The maximum absolute atomic E-state index is 10.3. The van der Waals surface area contributed by atoms with Crippen LogP contribution in [0.1, 0.15) is 16.1 Å². The molecule has 0 N–H and O–H groups in total. The van der Waals surface area contributed by atoms with Crippen molar-refractivity contribution in [2.75, 3.05) is 0 Å². The van der Waals surface area contributed by atoms with E-state index in [1.54, 1.807) is 10.9 Å². The summed E-state index contributed by atoms with van der Waals surface area (Å²) < 4.78 is 2.52. The Bertz CT molecular complexity index is 244. The van der Waals surface area contributed by atoms with Gasteiger partial charge in [-0.05, 0) is 6.92 Å². The molecule has 4 heteroatoms. The quantitative estimate of drug-likeness (QED) is 0.451. The fourth-order valence-corrected chi connectivity index (χ4v) is 1.06. The van der Waals surface area contributed by atoms with Gasteiger partial charge in [0.15, 0.2) is 6.29 Å². The van der Waals surface area contributed by atoms with E-state index in [4.69, 9.17) is 0 Å². The molecule has 10 heavy (non-hydrogen) atoms. The van der Waals surface area contributed by atoms with Crippen LogP contribution in [0.25, 0.3) is 0 Å². The third kappa shape index (κ3) is 1.36. The number of hydrogen-bond acceptors (Lipinski definition) is 2. The van der Waals surface area contributed by atoms with Gasteiger partial charge in [0.25, 0.3) is 0 Å². The Labute approximate surface area is 72.6 Å². The van der Waals surface area contributed by atoms with Crippen LogP contribution in [0.2, 0.25) is 0 Å². The molecule has 0 fully saturated rings. The summed E-state index contributed by atoms with van der Waals surface area (Å²) in [7, 11) is 0. The van der Waals surface area contributed by atoms with Crippen molar-refractivity contribution in [3.63, 3.8) is 0 Å². The maximum Gasteiger partial charge on any atom is 0.153 e. The minimum Gasteiger partial charge on any atom is -0.298 e. The zero-order valence-electron chi connectivity index (χ0n) is 5.54. The Kier molecular flexibility index (Phi) is 2.42. The van der Waals surface area contributed by atoms with Crippen molar-refractivity contribution < 1.29 is 4.79 Å². The second kappa shape index (κ2) is 3.14. The molecule has 1 aromatic heterocycles. The number of aldehydes is 1. The molecule has 0 unspecified atom stereocenters. The highest BCUT2D eigenvalue weighted by Gasteiger charge is 2.00. The topological polar surface area (TPSA) is 34.9 Å². The molecule has 0 spiro atoms. The average molecular weight is 250 g/mol. The largest absolute Gasteiger partial charge is 0.298 e. The highest BCUT2D eigenvalue weighted by atomic mass is 127. The van der Waals surface area contributed by atoms with Crippen molar-refractivity contribution in [3.05, 3.63) is 17.5 Å². The van der Waals surface area contributed by atoms with Crippen molar-refractivity contribution in [1.29, 1.82) is 0 Å². The molecule has 54 valence electrons. The van der Waals surface area contributed by atoms with Crippen molar-refractivity contribution in [2.45, 2.75) is 11.5 Å². The zero-order chi connectivity index (χ0) is 7.56. The van der Waals surface area contributed by atoms with Crippen LogP contribution in [-0.4, -0.2) is 16.1 Å². The molecule has 0 aliphatic carbocycles. The second-order valence-corrected chi connectivity index (χ2v) is 2.63. The first-order chi connectivity index (χ1) is 4.77. The molecule has 0 aliphatic heterocycles. The van der Waals surface area contributed by atoms with Crippen LogP contribution >= 0.6 is 22.6 Å². The number of rotatable bonds is 2. The van der Waals surface area contributed by atoms with Gasteiger partial charge in [-0.1, -0.05) is 22.6 Å². The predicted octanol–water partition coefficient (Wildman–Crippen LogP) is 1.40. The van der Waals surface area contributed by atoms with Gasteiger partial charge < -0.3 is 0 Å². The van der Waals surface area contributed by atoms with E-state index in [1.165, 1.54) is 0 Å². The van der Waals surface area contributed by atoms with E-state index in [2.05, 4.69) is 27.7 Å². The van der Waals surface area contributed by atoms with Crippen LogP contribution in [0, 0.1) is 6.92 Å². The summed E-state index contributed by atoms with van der Waals surface area (Å²) in [5, 5.41) is 4.08. The first-order valence-electron chi connectivity index (χ1n) is 2.83. The van der Waals surface area contributed by atoms with Gasteiger partial charge in [0.2, 0.25) is 0 Å². The van der Waals surface area contributed by atoms with Crippen molar-refractivity contribution in [1.82, 2.24) is 9.78 Å². The van der Waals surface area contributed by atoms with E-state index >= 15 is 0 Å².